The minimum atomic E-state index is -4.15. The topological polar surface area (TPSA) is 60.9 Å². The average Bonchev–Trinajstić information content (AvgIpc) is 2.73. The zero-order valence-corrected chi connectivity index (χ0v) is 16.9. The molecular formula is C20H23F2N3O3S. The van der Waals surface area contributed by atoms with Gasteiger partial charge < -0.3 is 9.80 Å². The van der Waals surface area contributed by atoms with E-state index in [0.29, 0.717) is 13.1 Å². The maximum absolute atomic E-state index is 13.3. The van der Waals surface area contributed by atoms with Gasteiger partial charge in [-0.15, -0.1) is 0 Å². The summed E-state index contributed by atoms with van der Waals surface area (Å²) in [4.78, 5) is 16.5. The fourth-order valence-corrected chi connectivity index (χ4v) is 4.61. The lowest BCUT2D eigenvalue weighted by molar-refractivity contribution is -0.131. The van der Waals surface area contributed by atoms with E-state index in [4.69, 9.17) is 0 Å². The average molecular weight is 423 g/mol. The molecule has 1 amide bonds. The Morgan fingerprint density at radius 2 is 1.45 bits per heavy atom. The third-order valence-electron chi connectivity index (χ3n) is 4.97. The smallest absolute Gasteiger partial charge is 0.264 e. The van der Waals surface area contributed by atoms with Gasteiger partial charge in [-0.2, -0.15) is 0 Å². The summed E-state index contributed by atoms with van der Waals surface area (Å²) in [7, 11) is -4.15. The molecule has 0 spiro atoms. The molecule has 0 unspecified atom stereocenters. The third kappa shape index (κ3) is 4.91. The molecule has 6 nitrogen and oxygen atoms in total. The molecule has 29 heavy (non-hydrogen) atoms. The van der Waals surface area contributed by atoms with Crippen LogP contribution in [0.4, 0.5) is 14.5 Å². The molecule has 0 bridgehead atoms. The van der Waals surface area contributed by atoms with Crippen molar-refractivity contribution in [3.05, 3.63) is 60.2 Å². The number of piperazine rings is 1. The maximum Gasteiger partial charge on any atom is 0.264 e. The van der Waals surface area contributed by atoms with Crippen LogP contribution in [0.3, 0.4) is 0 Å². The Labute approximate surface area is 169 Å². The van der Waals surface area contributed by atoms with Gasteiger partial charge in [0.2, 0.25) is 5.91 Å². The summed E-state index contributed by atoms with van der Waals surface area (Å²) in [5, 5.41) is 0. The molecule has 156 valence electrons. The predicted octanol–water partition coefficient (Wildman–Crippen LogP) is 2.32. The van der Waals surface area contributed by atoms with Crippen LogP contribution in [0.25, 0.3) is 0 Å². The molecule has 2 aromatic rings. The van der Waals surface area contributed by atoms with Crippen LogP contribution in [-0.4, -0.2) is 63.4 Å². The highest BCUT2D eigenvalue weighted by Gasteiger charge is 2.30. The van der Waals surface area contributed by atoms with Crippen molar-refractivity contribution >= 4 is 21.6 Å². The number of carbonyl (C=O) groups excluding carboxylic acids is 1. The summed E-state index contributed by atoms with van der Waals surface area (Å²) in [5.74, 6) is -1.42. The maximum atomic E-state index is 13.3. The van der Waals surface area contributed by atoms with Gasteiger partial charge in [0.15, 0.2) is 0 Å². The lowest BCUT2D eigenvalue weighted by atomic mass is 10.3. The van der Waals surface area contributed by atoms with Crippen LogP contribution in [0.1, 0.15) is 6.92 Å². The lowest BCUT2D eigenvalue weighted by Crippen LogP contribution is -2.51. The number of hydrogen-bond donors (Lipinski definition) is 0. The molecule has 1 fully saturated rings. The first kappa shape index (κ1) is 21.2. The van der Waals surface area contributed by atoms with Crippen LogP contribution in [0.5, 0.6) is 0 Å². The fourth-order valence-electron chi connectivity index (χ4n) is 3.19. The minimum Gasteiger partial charge on any atom is -0.339 e. The van der Waals surface area contributed by atoms with Gasteiger partial charge in [-0.1, -0.05) is 6.92 Å². The number of nitrogens with zero attached hydrogens (tertiary/aromatic N) is 3. The second-order valence-corrected chi connectivity index (χ2v) is 8.62. The number of amides is 1. The van der Waals surface area contributed by atoms with Gasteiger partial charge in [0.05, 0.1) is 10.6 Å². The van der Waals surface area contributed by atoms with Crippen molar-refractivity contribution in [3.63, 3.8) is 0 Å². The fraction of sp³-hybridized carbons (Fsp3) is 0.350. The van der Waals surface area contributed by atoms with Crippen LogP contribution in [0.15, 0.2) is 53.4 Å². The molecule has 2 aromatic carbocycles. The van der Waals surface area contributed by atoms with E-state index in [2.05, 4.69) is 4.90 Å². The first-order chi connectivity index (χ1) is 13.8. The van der Waals surface area contributed by atoms with E-state index in [1.807, 2.05) is 6.92 Å². The van der Waals surface area contributed by atoms with E-state index in [9.17, 15) is 22.0 Å². The van der Waals surface area contributed by atoms with Crippen LogP contribution < -0.4 is 4.31 Å². The quantitative estimate of drug-likeness (QED) is 0.716. The second kappa shape index (κ2) is 8.87. The molecule has 0 aromatic heterocycles. The number of likely N-dealkylation sites (N-methyl/N-ethyl adjacent to an activating group) is 1. The van der Waals surface area contributed by atoms with Gasteiger partial charge in [0.1, 0.15) is 18.2 Å². The standard InChI is InChI=1S/C20H23F2N3O3S/c1-2-23-11-13-24(14-12-23)20(26)15-25(18-7-3-16(21)4-8-18)29(27,28)19-9-5-17(22)6-10-19/h3-10H,2,11-15H2,1H3. The van der Waals surface area contributed by atoms with Gasteiger partial charge in [-0.25, -0.2) is 17.2 Å². The second-order valence-electron chi connectivity index (χ2n) is 6.76. The number of halogens is 2. The van der Waals surface area contributed by atoms with Gasteiger partial charge >= 0.3 is 0 Å². The molecule has 3 rings (SSSR count). The summed E-state index contributed by atoms with van der Waals surface area (Å²) >= 11 is 0. The van der Waals surface area contributed by atoms with E-state index in [-0.39, 0.29) is 16.5 Å². The Morgan fingerprint density at radius 3 is 1.97 bits per heavy atom. The molecule has 0 radical (unpaired) electrons. The monoisotopic (exact) mass is 423 g/mol. The molecule has 1 saturated heterocycles. The molecule has 0 saturated carbocycles. The highest BCUT2D eigenvalue weighted by atomic mass is 32.2. The van der Waals surface area contributed by atoms with Crippen molar-refractivity contribution in [2.45, 2.75) is 11.8 Å². The summed E-state index contributed by atoms with van der Waals surface area (Å²) in [6.45, 7) is 5.00. The zero-order chi connectivity index (χ0) is 21.0. The molecule has 1 heterocycles. The molecular weight excluding hydrogens is 400 g/mol. The normalized spacial score (nSPS) is 15.3. The van der Waals surface area contributed by atoms with Crippen LogP contribution >= 0.6 is 0 Å². The van der Waals surface area contributed by atoms with Crippen molar-refractivity contribution in [2.75, 3.05) is 43.6 Å². The van der Waals surface area contributed by atoms with Crippen LogP contribution in [-0.2, 0) is 14.8 Å². The Morgan fingerprint density at radius 1 is 0.931 bits per heavy atom. The molecule has 0 aliphatic carbocycles. The number of hydrogen-bond acceptors (Lipinski definition) is 4. The highest BCUT2D eigenvalue weighted by Crippen LogP contribution is 2.24. The van der Waals surface area contributed by atoms with Gasteiger partial charge in [0, 0.05) is 26.2 Å². The van der Waals surface area contributed by atoms with Crippen LogP contribution in [0, 0.1) is 11.6 Å². The Balaban J connectivity index is 1.88. The van der Waals surface area contributed by atoms with E-state index in [0.717, 1.165) is 60.3 Å². The van der Waals surface area contributed by atoms with E-state index >= 15 is 0 Å². The SMILES string of the molecule is CCN1CCN(C(=O)CN(c2ccc(F)cc2)S(=O)(=O)c2ccc(F)cc2)CC1. The highest BCUT2D eigenvalue weighted by molar-refractivity contribution is 7.92. The third-order valence-corrected chi connectivity index (χ3v) is 6.76. The Hall–Kier alpha value is -2.52. The molecule has 0 atom stereocenters. The van der Waals surface area contributed by atoms with Crippen molar-refractivity contribution in [1.29, 1.82) is 0 Å². The summed E-state index contributed by atoms with van der Waals surface area (Å²) in [6.07, 6.45) is 0. The largest absolute Gasteiger partial charge is 0.339 e. The lowest BCUT2D eigenvalue weighted by Gasteiger charge is -2.35. The Kier molecular flexibility index (Phi) is 6.49. The van der Waals surface area contributed by atoms with E-state index in [1.165, 1.54) is 12.1 Å². The van der Waals surface area contributed by atoms with Crippen molar-refractivity contribution in [2.24, 2.45) is 0 Å². The number of benzene rings is 2. The van der Waals surface area contributed by atoms with Crippen LogP contribution in [0.2, 0.25) is 0 Å². The first-order valence-electron chi connectivity index (χ1n) is 9.35. The van der Waals surface area contributed by atoms with Gasteiger partial charge in [0.25, 0.3) is 10.0 Å². The van der Waals surface area contributed by atoms with Crippen molar-refractivity contribution in [3.8, 4) is 0 Å². The summed E-state index contributed by atoms with van der Waals surface area (Å²) in [6, 6.07) is 9.25. The summed E-state index contributed by atoms with van der Waals surface area (Å²) < 4.78 is 53.9. The molecule has 0 N–H and O–H groups in total. The number of carbonyl (C=O) groups is 1. The van der Waals surface area contributed by atoms with E-state index < -0.39 is 28.2 Å². The number of anilines is 1. The van der Waals surface area contributed by atoms with Crippen molar-refractivity contribution < 1.29 is 22.0 Å². The van der Waals surface area contributed by atoms with Gasteiger partial charge in [-0.3, -0.25) is 9.10 Å². The number of sulfonamides is 1. The minimum absolute atomic E-state index is 0.146. The molecule has 1 aliphatic rings. The summed E-state index contributed by atoms with van der Waals surface area (Å²) in [5.41, 5.74) is 0.163. The predicted molar refractivity (Wildman–Crippen MR) is 106 cm³/mol. The van der Waals surface area contributed by atoms with Gasteiger partial charge in [-0.05, 0) is 55.1 Å². The van der Waals surface area contributed by atoms with Crippen molar-refractivity contribution in [1.82, 2.24) is 9.80 Å². The molecule has 1 aliphatic heterocycles. The molecule has 9 heteroatoms. The van der Waals surface area contributed by atoms with E-state index in [1.54, 1.807) is 4.90 Å². The Bertz CT molecular complexity index is 942. The zero-order valence-electron chi connectivity index (χ0n) is 16.1. The first-order valence-corrected chi connectivity index (χ1v) is 10.8. The number of rotatable bonds is 6.